The number of nitrogens with one attached hydrogen (secondary N) is 1. The lowest BCUT2D eigenvalue weighted by Gasteiger charge is -2.32. The molecule has 2 heterocycles. The van der Waals surface area contributed by atoms with Gasteiger partial charge in [-0.25, -0.2) is 0 Å². The molecule has 3 fully saturated rings. The highest BCUT2D eigenvalue weighted by molar-refractivity contribution is 14.0. The van der Waals surface area contributed by atoms with E-state index in [-0.39, 0.29) is 24.0 Å². The van der Waals surface area contributed by atoms with Crippen molar-refractivity contribution in [1.82, 2.24) is 15.1 Å². The van der Waals surface area contributed by atoms with Crippen molar-refractivity contribution in [2.75, 3.05) is 53.0 Å². The van der Waals surface area contributed by atoms with Gasteiger partial charge in [-0.05, 0) is 25.2 Å². The number of ether oxygens (including phenoxy) is 1. The third-order valence-electron chi connectivity index (χ3n) is 5.26. The molecule has 2 saturated heterocycles. The van der Waals surface area contributed by atoms with Crippen molar-refractivity contribution >= 4 is 29.9 Å². The van der Waals surface area contributed by atoms with Gasteiger partial charge < -0.3 is 15.0 Å². The fraction of sp³-hybridized carbons (Fsp3) is 0.938. The Morgan fingerprint density at radius 1 is 1.14 bits per heavy atom. The maximum absolute atomic E-state index is 5.46. The van der Waals surface area contributed by atoms with E-state index in [0.29, 0.717) is 6.04 Å². The summed E-state index contributed by atoms with van der Waals surface area (Å²) in [5, 5.41) is 3.61. The van der Waals surface area contributed by atoms with Crippen LogP contribution in [0, 0.1) is 5.92 Å². The van der Waals surface area contributed by atoms with E-state index < -0.39 is 0 Å². The Bertz CT molecular complexity index is 354. The molecular weight excluding hydrogens is 391 g/mol. The van der Waals surface area contributed by atoms with Gasteiger partial charge in [-0.3, -0.25) is 9.89 Å². The van der Waals surface area contributed by atoms with E-state index in [1.807, 2.05) is 7.05 Å². The minimum absolute atomic E-state index is 0. The highest BCUT2D eigenvalue weighted by Crippen LogP contribution is 2.24. The number of likely N-dealkylation sites (tertiary alicyclic amines) is 1. The SMILES string of the molecule is CN=C(NCC1CCCC1)N1CCC(N2CCOCC2)C1.I. The van der Waals surface area contributed by atoms with Crippen LogP contribution in [0.4, 0.5) is 0 Å². The summed E-state index contributed by atoms with van der Waals surface area (Å²) in [6, 6.07) is 0.680. The van der Waals surface area contributed by atoms with E-state index in [9.17, 15) is 0 Å². The van der Waals surface area contributed by atoms with Crippen molar-refractivity contribution in [2.45, 2.75) is 38.1 Å². The van der Waals surface area contributed by atoms with Crippen LogP contribution in [-0.2, 0) is 4.74 Å². The fourth-order valence-corrected chi connectivity index (χ4v) is 3.96. The Hall–Kier alpha value is -0.0800. The second kappa shape index (κ2) is 9.27. The van der Waals surface area contributed by atoms with Gasteiger partial charge in [0.25, 0.3) is 0 Å². The van der Waals surface area contributed by atoms with E-state index in [2.05, 4.69) is 20.1 Å². The molecule has 0 amide bonds. The summed E-state index contributed by atoms with van der Waals surface area (Å²) in [4.78, 5) is 9.53. The van der Waals surface area contributed by atoms with E-state index >= 15 is 0 Å². The standard InChI is InChI=1S/C16H30N4O.HI/c1-17-16(18-12-14-4-2-3-5-14)20-7-6-15(13-20)19-8-10-21-11-9-19;/h14-15H,2-13H2,1H3,(H,17,18);1H. The van der Waals surface area contributed by atoms with Crippen LogP contribution in [0.25, 0.3) is 0 Å². The molecule has 0 aromatic carbocycles. The molecule has 3 rings (SSSR count). The lowest BCUT2D eigenvalue weighted by molar-refractivity contribution is 0.0195. The number of halogens is 1. The number of morpholine rings is 1. The number of hydrogen-bond donors (Lipinski definition) is 1. The molecule has 1 unspecified atom stereocenters. The molecule has 6 heteroatoms. The largest absolute Gasteiger partial charge is 0.379 e. The molecule has 0 spiro atoms. The zero-order valence-corrected chi connectivity index (χ0v) is 16.1. The smallest absolute Gasteiger partial charge is 0.193 e. The summed E-state index contributed by atoms with van der Waals surface area (Å²) in [6.45, 7) is 7.32. The van der Waals surface area contributed by atoms with Crippen LogP contribution >= 0.6 is 24.0 Å². The van der Waals surface area contributed by atoms with Crippen LogP contribution < -0.4 is 5.32 Å². The normalized spacial score (nSPS) is 28.0. The second-order valence-electron chi connectivity index (χ2n) is 6.62. The van der Waals surface area contributed by atoms with Gasteiger partial charge in [0.1, 0.15) is 0 Å². The molecule has 1 saturated carbocycles. The number of hydrogen-bond acceptors (Lipinski definition) is 3. The average Bonchev–Trinajstić information content (AvgIpc) is 3.20. The predicted molar refractivity (Wildman–Crippen MR) is 101 cm³/mol. The Morgan fingerprint density at radius 2 is 1.86 bits per heavy atom. The highest BCUT2D eigenvalue weighted by Gasteiger charge is 2.30. The molecule has 0 aromatic heterocycles. The fourth-order valence-electron chi connectivity index (χ4n) is 3.96. The number of rotatable bonds is 3. The van der Waals surface area contributed by atoms with Crippen LogP contribution in [0.15, 0.2) is 4.99 Å². The minimum atomic E-state index is 0. The Labute approximate surface area is 151 Å². The number of nitrogens with zero attached hydrogens (tertiary/aromatic N) is 3. The van der Waals surface area contributed by atoms with E-state index in [1.165, 1.54) is 32.1 Å². The third-order valence-corrected chi connectivity index (χ3v) is 5.26. The van der Waals surface area contributed by atoms with Crippen LogP contribution in [0.1, 0.15) is 32.1 Å². The lowest BCUT2D eigenvalue weighted by atomic mass is 10.1. The van der Waals surface area contributed by atoms with Gasteiger partial charge in [-0.15, -0.1) is 24.0 Å². The van der Waals surface area contributed by atoms with Crippen molar-refractivity contribution in [3.05, 3.63) is 0 Å². The molecule has 5 nitrogen and oxygen atoms in total. The van der Waals surface area contributed by atoms with Gasteiger partial charge >= 0.3 is 0 Å². The maximum atomic E-state index is 5.46. The van der Waals surface area contributed by atoms with Crippen molar-refractivity contribution < 1.29 is 4.74 Å². The molecule has 22 heavy (non-hydrogen) atoms. The van der Waals surface area contributed by atoms with Crippen LogP contribution in [-0.4, -0.2) is 74.8 Å². The molecule has 2 aliphatic heterocycles. The zero-order chi connectivity index (χ0) is 14.5. The van der Waals surface area contributed by atoms with Crippen molar-refractivity contribution in [2.24, 2.45) is 10.9 Å². The van der Waals surface area contributed by atoms with Crippen molar-refractivity contribution in [1.29, 1.82) is 0 Å². The van der Waals surface area contributed by atoms with E-state index in [0.717, 1.165) is 57.8 Å². The van der Waals surface area contributed by atoms with Crippen molar-refractivity contribution in [3.63, 3.8) is 0 Å². The first-order chi connectivity index (χ1) is 10.4. The highest BCUT2D eigenvalue weighted by atomic mass is 127. The van der Waals surface area contributed by atoms with E-state index in [1.54, 1.807) is 0 Å². The summed E-state index contributed by atoms with van der Waals surface area (Å²) < 4.78 is 5.46. The molecule has 1 atom stereocenters. The van der Waals surface area contributed by atoms with Gasteiger partial charge in [0.2, 0.25) is 0 Å². The maximum Gasteiger partial charge on any atom is 0.193 e. The molecular formula is C16H31IN4O. The summed E-state index contributed by atoms with van der Waals surface area (Å²) in [6.07, 6.45) is 6.85. The number of aliphatic imine (C=N–C) groups is 1. The molecule has 0 radical (unpaired) electrons. The topological polar surface area (TPSA) is 40.1 Å². The van der Waals surface area contributed by atoms with Crippen LogP contribution in [0.3, 0.4) is 0 Å². The molecule has 128 valence electrons. The van der Waals surface area contributed by atoms with E-state index in [4.69, 9.17) is 4.74 Å². The van der Waals surface area contributed by atoms with Gasteiger partial charge in [0.15, 0.2) is 5.96 Å². The monoisotopic (exact) mass is 422 g/mol. The summed E-state index contributed by atoms with van der Waals surface area (Å²) in [5.74, 6) is 1.97. The Kier molecular flexibility index (Phi) is 7.70. The predicted octanol–water partition coefficient (Wildman–Crippen LogP) is 1.78. The quantitative estimate of drug-likeness (QED) is 0.428. The zero-order valence-electron chi connectivity index (χ0n) is 13.8. The molecule has 3 aliphatic rings. The Balaban J connectivity index is 0.00000176. The first kappa shape index (κ1) is 18.3. The second-order valence-corrected chi connectivity index (χ2v) is 6.62. The average molecular weight is 422 g/mol. The summed E-state index contributed by atoms with van der Waals surface area (Å²) in [5.41, 5.74) is 0. The first-order valence-corrected chi connectivity index (χ1v) is 8.64. The van der Waals surface area contributed by atoms with Crippen LogP contribution in [0.2, 0.25) is 0 Å². The van der Waals surface area contributed by atoms with Gasteiger partial charge in [0, 0.05) is 45.8 Å². The van der Waals surface area contributed by atoms with Crippen molar-refractivity contribution in [3.8, 4) is 0 Å². The van der Waals surface area contributed by atoms with Gasteiger partial charge in [-0.2, -0.15) is 0 Å². The first-order valence-electron chi connectivity index (χ1n) is 8.64. The lowest BCUT2D eigenvalue weighted by Crippen LogP contribution is -2.47. The molecule has 1 aliphatic carbocycles. The minimum Gasteiger partial charge on any atom is -0.379 e. The molecule has 0 aromatic rings. The molecule has 1 N–H and O–H groups in total. The van der Waals surface area contributed by atoms with Crippen LogP contribution in [0.5, 0.6) is 0 Å². The number of guanidine groups is 1. The molecule has 0 bridgehead atoms. The summed E-state index contributed by atoms with van der Waals surface area (Å²) >= 11 is 0. The van der Waals surface area contributed by atoms with Gasteiger partial charge in [0.05, 0.1) is 13.2 Å². The van der Waals surface area contributed by atoms with Gasteiger partial charge in [-0.1, -0.05) is 12.8 Å². The third kappa shape index (κ3) is 4.71. The Morgan fingerprint density at radius 3 is 2.55 bits per heavy atom. The summed E-state index contributed by atoms with van der Waals surface area (Å²) in [7, 11) is 1.92.